The minimum Gasteiger partial charge on any atom is -0.465 e. The van der Waals surface area contributed by atoms with Gasteiger partial charge in [-0.2, -0.15) is 0 Å². The van der Waals surface area contributed by atoms with Crippen molar-refractivity contribution >= 4 is 40.2 Å². The average Bonchev–Trinajstić information content (AvgIpc) is 3.38. The highest BCUT2D eigenvalue weighted by Gasteiger charge is 2.29. The number of aromatic nitrogens is 1. The standard InChI is InChI=1S/C21H24N2O7S/c1-5-29-21(27)17-10(2)15(11(3)22-17)20(26)30-9-14(24)23-18-16(19(25)28-4)12-7-6-8-13(12)31-18/h22H,5-9H2,1-4H3,(H,23,24). The van der Waals surface area contributed by atoms with Crippen LogP contribution in [0.5, 0.6) is 0 Å². The zero-order chi connectivity index (χ0) is 22.7. The first kappa shape index (κ1) is 22.5. The normalized spacial score (nSPS) is 12.3. The number of hydrogen-bond donors (Lipinski definition) is 2. The third-order valence-electron chi connectivity index (χ3n) is 5.02. The van der Waals surface area contributed by atoms with Crippen LogP contribution in [0, 0.1) is 13.8 Å². The van der Waals surface area contributed by atoms with Crippen LogP contribution in [-0.4, -0.2) is 49.1 Å². The summed E-state index contributed by atoms with van der Waals surface area (Å²) in [5.41, 5.74) is 2.47. The number of carbonyl (C=O) groups is 4. The van der Waals surface area contributed by atoms with Crippen molar-refractivity contribution in [3.05, 3.63) is 38.5 Å². The Bertz CT molecular complexity index is 1050. The summed E-state index contributed by atoms with van der Waals surface area (Å²) in [5, 5.41) is 3.05. The predicted octanol–water partition coefficient (Wildman–Crippen LogP) is 2.94. The number of carbonyl (C=O) groups excluding carboxylic acids is 4. The molecule has 2 aromatic heterocycles. The number of thiophene rings is 1. The molecular weight excluding hydrogens is 424 g/mol. The Hall–Kier alpha value is -3.14. The second-order valence-corrected chi connectivity index (χ2v) is 8.13. The first-order valence-corrected chi connectivity index (χ1v) is 10.7. The molecule has 10 heteroatoms. The van der Waals surface area contributed by atoms with Crippen LogP contribution >= 0.6 is 11.3 Å². The maximum Gasteiger partial charge on any atom is 0.355 e. The number of aryl methyl sites for hydroxylation is 2. The number of fused-ring (bicyclic) bond motifs is 1. The van der Waals surface area contributed by atoms with Gasteiger partial charge in [-0.1, -0.05) is 0 Å². The number of rotatable bonds is 7. The molecule has 1 aliphatic carbocycles. The molecule has 166 valence electrons. The van der Waals surface area contributed by atoms with E-state index in [2.05, 4.69) is 10.3 Å². The van der Waals surface area contributed by atoms with E-state index in [9.17, 15) is 19.2 Å². The van der Waals surface area contributed by atoms with Gasteiger partial charge in [0.05, 0.1) is 24.8 Å². The molecule has 0 aliphatic heterocycles. The number of H-pyrrole nitrogens is 1. The Morgan fingerprint density at radius 3 is 2.45 bits per heavy atom. The fraction of sp³-hybridized carbons (Fsp3) is 0.429. The summed E-state index contributed by atoms with van der Waals surface area (Å²) in [4.78, 5) is 53.0. The van der Waals surface area contributed by atoms with E-state index in [1.165, 1.54) is 18.4 Å². The molecule has 0 bridgehead atoms. The monoisotopic (exact) mass is 448 g/mol. The molecule has 9 nitrogen and oxygen atoms in total. The van der Waals surface area contributed by atoms with Crippen LogP contribution in [0.2, 0.25) is 0 Å². The molecule has 0 saturated carbocycles. The van der Waals surface area contributed by atoms with Crippen molar-refractivity contribution in [3.63, 3.8) is 0 Å². The number of ether oxygens (including phenoxy) is 3. The zero-order valence-corrected chi connectivity index (χ0v) is 18.6. The highest BCUT2D eigenvalue weighted by Crippen LogP contribution is 2.39. The number of nitrogens with one attached hydrogen (secondary N) is 2. The molecule has 0 fully saturated rings. The van der Waals surface area contributed by atoms with Gasteiger partial charge in [0.15, 0.2) is 6.61 Å². The lowest BCUT2D eigenvalue weighted by Gasteiger charge is -2.08. The minimum atomic E-state index is -0.737. The Kier molecular flexibility index (Phi) is 6.79. The van der Waals surface area contributed by atoms with Gasteiger partial charge in [-0.15, -0.1) is 11.3 Å². The molecule has 3 rings (SSSR count). The Morgan fingerprint density at radius 1 is 1.03 bits per heavy atom. The van der Waals surface area contributed by atoms with Crippen LogP contribution in [0.4, 0.5) is 5.00 Å². The third kappa shape index (κ3) is 4.48. The second-order valence-electron chi connectivity index (χ2n) is 7.02. The van der Waals surface area contributed by atoms with Gasteiger partial charge in [0.1, 0.15) is 10.7 Å². The van der Waals surface area contributed by atoms with E-state index < -0.39 is 30.4 Å². The summed E-state index contributed by atoms with van der Waals surface area (Å²) in [6.07, 6.45) is 2.57. The van der Waals surface area contributed by atoms with Crippen molar-refractivity contribution in [1.29, 1.82) is 0 Å². The molecule has 0 aromatic carbocycles. The van der Waals surface area contributed by atoms with Crippen molar-refractivity contribution in [2.75, 3.05) is 25.6 Å². The fourth-order valence-corrected chi connectivity index (χ4v) is 4.93. The smallest absolute Gasteiger partial charge is 0.355 e. The summed E-state index contributed by atoms with van der Waals surface area (Å²) >= 11 is 1.34. The largest absolute Gasteiger partial charge is 0.465 e. The van der Waals surface area contributed by atoms with E-state index in [-0.39, 0.29) is 17.9 Å². The molecule has 0 saturated heterocycles. The molecule has 31 heavy (non-hydrogen) atoms. The lowest BCUT2D eigenvalue weighted by molar-refractivity contribution is -0.119. The van der Waals surface area contributed by atoms with Crippen LogP contribution in [0.25, 0.3) is 0 Å². The van der Waals surface area contributed by atoms with Gasteiger partial charge in [0.2, 0.25) is 0 Å². The van der Waals surface area contributed by atoms with E-state index in [0.29, 0.717) is 21.8 Å². The average molecular weight is 448 g/mol. The summed E-state index contributed by atoms with van der Waals surface area (Å²) in [5.74, 6) is -2.38. The Labute approximate surface area is 183 Å². The summed E-state index contributed by atoms with van der Waals surface area (Å²) in [7, 11) is 1.29. The van der Waals surface area contributed by atoms with Crippen molar-refractivity contribution in [2.24, 2.45) is 0 Å². The number of anilines is 1. The predicted molar refractivity (Wildman–Crippen MR) is 113 cm³/mol. The fourth-order valence-electron chi connectivity index (χ4n) is 3.64. The SMILES string of the molecule is CCOC(=O)c1[nH]c(C)c(C(=O)OCC(=O)Nc2sc3c(c2C(=O)OC)CCC3)c1C. The van der Waals surface area contributed by atoms with Gasteiger partial charge >= 0.3 is 17.9 Å². The zero-order valence-electron chi connectivity index (χ0n) is 17.8. The first-order chi connectivity index (χ1) is 14.8. The van der Waals surface area contributed by atoms with Crippen molar-refractivity contribution in [3.8, 4) is 0 Å². The molecule has 2 N–H and O–H groups in total. The van der Waals surface area contributed by atoms with Gasteiger partial charge in [-0.25, -0.2) is 14.4 Å². The summed E-state index contributed by atoms with van der Waals surface area (Å²) < 4.78 is 15.0. The summed E-state index contributed by atoms with van der Waals surface area (Å²) in [6.45, 7) is 4.58. The minimum absolute atomic E-state index is 0.173. The van der Waals surface area contributed by atoms with Crippen molar-refractivity contribution in [1.82, 2.24) is 4.98 Å². The van der Waals surface area contributed by atoms with Crippen LogP contribution in [0.15, 0.2) is 0 Å². The summed E-state index contributed by atoms with van der Waals surface area (Å²) in [6, 6.07) is 0. The van der Waals surface area contributed by atoms with Gasteiger partial charge in [-0.05, 0) is 51.2 Å². The molecular formula is C21H24N2O7S. The third-order valence-corrected chi connectivity index (χ3v) is 6.23. The quantitative estimate of drug-likeness (QED) is 0.493. The van der Waals surface area contributed by atoms with Crippen molar-refractivity contribution < 1.29 is 33.4 Å². The van der Waals surface area contributed by atoms with E-state index in [4.69, 9.17) is 14.2 Å². The lowest BCUT2D eigenvalue weighted by atomic mass is 10.1. The van der Waals surface area contributed by atoms with Gasteiger partial charge < -0.3 is 24.5 Å². The topological polar surface area (TPSA) is 124 Å². The van der Waals surface area contributed by atoms with Crippen LogP contribution in [-0.2, 0) is 31.8 Å². The van der Waals surface area contributed by atoms with E-state index >= 15 is 0 Å². The lowest BCUT2D eigenvalue weighted by Crippen LogP contribution is -2.22. The molecule has 0 spiro atoms. The first-order valence-electron chi connectivity index (χ1n) is 9.84. The van der Waals surface area contributed by atoms with E-state index in [0.717, 1.165) is 29.7 Å². The van der Waals surface area contributed by atoms with Crippen LogP contribution in [0.3, 0.4) is 0 Å². The number of amides is 1. The molecule has 2 aromatic rings. The van der Waals surface area contributed by atoms with Crippen molar-refractivity contribution in [2.45, 2.75) is 40.0 Å². The van der Waals surface area contributed by atoms with Gasteiger partial charge in [0, 0.05) is 10.6 Å². The molecule has 0 unspecified atom stereocenters. The maximum absolute atomic E-state index is 12.5. The van der Waals surface area contributed by atoms with Gasteiger partial charge in [-0.3, -0.25) is 4.79 Å². The molecule has 1 aliphatic rings. The molecule has 0 radical (unpaired) electrons. The Balaban J connectivity index is 1.68. The van der Waals surface area contributed by atoms with E-state index in [1.54, 1.807) is 20.8 Å². The maximum atomic E-state index is 12.5. The number of methoxy groups -OCH3 is 1. The number of hydrogen-bond acceptors (Lipinski definition) is 8. The molecule has 0 atom stereocenters. The van der Waals surface area contributed by atoms with Crippen LogP contribution < -0.4 is 5.32 Å². The highest BCUT2D eigenvalue weighted by molar-refractivity contribution is 7.17. The molecule has 1 amide bonds. The molecule has 2 heterocycles. The van der Waals surface area contributed by atoms with E-state index in [1.807, 2.05) is 0 Å². The van der Waals surface area contributed by atoms with Gasteiger partial charge in [0.25, 0.3) is 5.91 Å². The number of aromatic amines is 1. The highest BCUT2D eigenvalue weighted by atomic mass is 32.1. The second kappa shape index (κ2) is 9.34. The van der Waals surface area contributed by atoms with Crippen LogP contribution in [0.1, 0.15) is 66.2 Å². The Morgan fingerprint density at radius 2 is 1.77 bits per heavy atom. The number of esters is 3.